The second-order valence-corrected chi connectivity index (χ2v) is 3.86. The van der Waals surface area contributed by atoms with Gasteiger partial charge < -0.3 is 10.1 Å². The van der Waals surface area contributed by atoms with E-state index in [0.29, 0.717) is 12.2 Å². The number of nitrogens with one attached hydrogen (secondary N) is 1. The van der Waals surface area contributed by atoms with E-state index in [1.165, 1.54) is 6.42 Å². The molecule has 0 bridgehead atoms. The third-order valence-corrected chi connectivity index (χ3v) is 1.96. The third-order valence-electron chi connectivity index (χ3n) is 1.96. The number of ether oxygens (including phenoxy) is 1. The van der Waals surface area contributed by atoms with Crippen molar-refractivity contribution < 1.29 is 4.74 Å². The van der Waals surface area contributed by atoms with E-state index >= 15 is 0 Å². The SMILES string of the molecule is CC(C)C[C@H]1CNC[C@H](C)O1. The molecule has 1 heterocycles. The largest absolute Gasteiger partial charge is 0.373 e. The van der Waals surface area contributed by atoms with Gasteiger partial charge >= 0.3 is 0 Å². The first-order valence-electron chi connectivity index (χ1n) is 4.54. The van der Waals surface area contributed by atoms with Gasteiger partial charge in [0, 0.05) is 13.1 Å². The molecular weight excluding hydrogens is 138 g/mol. The summed E-state index contributed by atoms with van der Waals surface area (Å²) in [6, 6.07) is 0. The van der Waals surface area contributed by atoms with E-state index in [0.717, 1.165) is 19.0 Å². The smallest absolute Gasteiger partial charge is 0.0706 e. The fourth-order valence-corrected chi connectivity index (χ4v) is 1.54. The summed E-state index contributed by atoms with van der Waals surface area (Å²) < 4.78 is 5.73. The Morgan fingerprint density at radius 1 is 1.45 bits per heavy atom. The molecule has 0 amide bonds. The van der Waals surface area contributed by atoms with E-state index in [2.05, 4.69) is 26.1 Å². The van der Waals surface area contributed by atoms with Crippen molar-refractivity contribution in [1.29, 1.82) is 0 Å². The Morgan fingerprint density at radius 2 is 2.18 bits per heavy atom. The summed E-state index contributed by atoms with van der Waals surface area (Å²) in [5.41, 5.74) is 0. The lowest BCUT2D eigenvalue weighted by molar-refractivity contribution is -0.0361. The zero-order valence-electron chi connectivity index (χ0n) is 7.76. The molecule has 0 unspecified atom stereocenters. The molecule has 0 spiro atoms. The van der Waals surface area contributed by atoms with Crippen LogP contribution in [-0.2, 0) is 4.74 Å². The zero-order valence-corrected chi connectivity index (χ0v) is 7.76. The standard InChI is InChI=1S/C9H19NO/c1-7(2)4-9-6-10-5-8(3)11-9/h7-10H,4-6H2,1-3H3/t8-,9-/m0/s1. The topological polar surface area (TPSA) is 21.3 Å². The molecule has 0 aliphatic carbocycles. The molecule has 1 rings (SSSR count). The molecule has 2 heteroatoms. The number of rotatable bonds is 2. The van der Waals surface area contributed by atoms with Gasteiger partial charge in [-0.05, 0) is 19.3 Å². The van der Waals surface area contributed by atoms with Crippen LogP contribution in [0.2, 0.25) is 0 Å². The highest BCUT2D eigenvalue weighted by atomic mass is 16.5. The molecule has 2 atom stereocenters. The summed E-state index contributed by atoms with van der Waals surface area (Å²) in [4.78, 5) is 0. The van der Waals surface area contributed by atoms with Crippen LogP contribution >= 0.6 is 0 Å². The Labute approximate surface area is 69.3 Å². The summed E-state index contributed by atoms with van der Waals surface area (Å²) in [7, 11) is 0. The van der Waals surface area contributed by atoms with Crippen molar-refractivity contribution in [3.8, 4) is 0 Å². The van der Waals surface area contributed by atoms with Gasteiger partial charge in [-0.2, -0.15) is 0 Å². The first-order chi connectivity index (χ1) is 5.18. The molecule has 1 saturated heterocycles. The van der Waals surface area contributed by atoms with Gasteiger partial charge in [0.15, 0.2) is 0 Å². The molecule has 2 nitrogen and oxygen atoms in total. The van der Waals surface area contributed by atoms with Gasteiger partial charge in [0.05, 0.1) is 12.2 Å². The number of hydrogen-bond donors (Lipinski definition) is 1. The van der Waals surface area contributed by atoms with E-state index in [9.17, 15) is 0 Å². The van der Waals surface area contributed by atoms with Crippen LogP contribution in [0.25, 0.3) is 0 Å². The molecule has 0 aromatic heterocycles. The van der Waals surface area contributed by atoms with Gasteiger partial charge in [-0.1, -0.05) is 13.8 Å². The van der Waals surface area contributed by atoms with E-state index in [-0.39, 0.29) is 0 Å². The van der Waals surface area contributed by atoms with Crippen molar-refractivity contribution in [3.05, 3.63) is 0 Å². The van der Waals surface area contributed by atoms with Crippen molar-refractivity contribution in [2.45, 2.75) is 39.4 Å². The molecular formula is C9H19NO. The normalized spacial score (nSPS) is 32.7. The van der Waals surface area contributed by atoms with Gasteiger partial charge in [-0.25, -0.2) is 0 Å². The monoisotopic (exact) mass is 157 g/mol. The second kappa shape index (κ2) is 4.07. The minimum Gasteiger partial charge on any atom is -0.373 e. The first-order valence-corrected chi connectivity index (χ1v) is 4.54. The Hall–Kier alpha value is -0.0800. The van der Waals surface area contributed by atoms with Crippen molar-refractivity contribution in [2.24, 2.45) is 5.92 Å². The number of hydrogen-bond acceptors (Lipinski definition) is 2. The highest BCUT2D eigenvalue weighted by molar-refractivity contribution is 4.72. The minimum absolute atomic E-state index is 0.396. The average Bonchev–Trinajstić information content (AvgIpc) is 1.85. The van der Waals surface area contributed by atoms with Gasteiger partial charge in [-0.3, -0.25) is 0 Å². The minimum atomic E-state index is 0.396. The van der Waals surface area contributed by atoms with Gasteiger partial charge in [0.25, 0.3) is 0 Å². The Morgan fingerprint density at radius 3 is 2.73 bits per heavy atom. The van der Waals surface area contributed by atoms with Crippen LogP contribution < -0.4 is 5.32 Å². The molecule has 11 heavy (non-hydrogen) atoms. The van der Waals surface area contributed by atoms with Crippen molar-refractivity contribution in [3.63, 3.8) is 0 Å². The van der Waals surface area contributed by atoms with Crippen molar-refractivity contribution >= 4 is 0 Å². The summed E-state index contributed by atoms with van der Waals surface area (Å²) in [6.45, 7) is 8.64. The van der Waals surface area contributed by atoms with Gasteiger partial charge in [-0.15, -0.1) is 0 Å². The molecule has 0 aromatic carbocycles. The first kappa shape index (κ1) is 9.01. The lowest BCUT2D eigenvalue weighted by Gasteiger charge is -2.29. The van der Waals surface area contributed by atoms with Gasteiger partial charge in [0.1, 0.15) is 0 Å². The maximum atomic E-state index is 5.73. The maximum absolute atomic E-state index is 5.73. The molecule has 1 fully saturated rings. The summed E-state index contributed by atoms with van der Waals surface area (Å²) >= 11 is 0. The van der Waals surface area contributed by atoms with E-state index < -0.39 is 0 Å². The summed E-state index contributed by atoms with van der Waals surface area (Å²) in [5, 5.41) is 3.36. The van der Waals surface area contributed by atoms with Crippen LogP contribution in [0.1, 0.15) is 27.2 Å². The highest BCUT2D eigenvalue weighted by Crippen LogP contribution is 2.12. The van der Waals surface area contributed by atoms with Crippen molar-refractivity contribution in [1.82, 2.24) is 5.32 Å². The maximum Gasteiger partial charge on any atom is 0.0706 e. The van der Waals surface area contributed by atoms with Crippen LogP contribution in [0.15, 0.2) is 0 Å². The number of morpholine rings is 1. The Balaban J connectivity index is 2.23. The Kier molecular flexibility index (Phi) is 3.34. The zero-order chi connectivity index (χ0) is 8.27. The van der Waals surface area contributed by atoms with Gasteiger partial charge in [0.2, 0.25) is 0 Å². The van der Waals surface area contributed by atoms with Crippen LogP contribution in [0.5, 0.6) is 0 Å². The molecule has 66 valence electrons. The van der Waals surface area contributed by atoms with Crippen LogP contribution in [0, 0.1) is 5.92 Å². The fraction of sp³-hybridized carbons (Fsp3) is 1.00. The predicted molar refractivity (Wildman–Crippen MR) is 46.7 cm³/mol. The third kappa shape index (κ3) is 3.21. The summed E-state index contributed by atoms with van der Waals surface area (Å²) in [5.74, 6) is 0.743. The van der Waals surface area contributed by atoms with E-state index in [4.69, 9.17) is 4.74 Å². The lowest BCUT2D eigenvalue weighted by atomic mass is 10.0. The molecule has 0 radical (unpaired) electrons. The van der Waals surface area contributed by atoms with E-state index in [1.807, 2.05) is 0 Å². The molecule has 1 aliphatic rings. The van der Waals surface area contributed by atoms with Crippen molar-refractivity contribution in [2.75, 3.05) is 13.1 Å². The fourth-order valence-electron chi connectivity index (χ4n) is 1.54. The average molecular weight is 157 g/mol. The predicted octanol–water partition coefficient (Wildman–Crippen LogP) is 1.41. The highest BCUT2D eigenvalue weighted by Gasteiger charge is 2.18. The van der Waals surface area contributed by atoms with Crippen LogP contribution in [-0.4, -0.2) is 25.3 Å². The molecule has 0 aromatic rings. The lowest BCUT2D eigenvalue weighted by Crippen LogP contribution is -2.43. The Bertz CT molecular complexity index is 112. The molecule has 1 N–H and O–H groups in total. The quantitative estimate of drug-likeness (QED) is 0.654. The van der Waals surface area contributed by atoms with Crippen LogP contribution in [0.3, 0.4) is 0 Å². The van der Waals surface area contributed by atoms with E-state index in [1.54, 1.807) is 0 Å². The second-order valence-electron chi connectivity index (χ2n) is 3.86. The molecule has 1 aliphatic heterocycles. The van der Waals surface area contributed by atoms with Crippen LogP contribution in [0.4, 0.5) is 0 Å². The molecule has 0 saturated carbocycles. The summed E-state index contributed by atoms with van der Waals surface area (Å²) in [6.07, 6.45) is 2.02.